The molecule has 33 heavy (non-hydrogen) atoms. The second kappa shape index (κ2) is 11.3. The highest BCUT2D eigenvalue weighted by atomic mass is 79.9. The van der Waals surface area contributed by atoms with Gasteiger partial charge < -0.3 is 19.1 Å². The second-order valence-electron chi connectivity index (χ2n) is 7.42. The maximum Gasteiger partial charge on any atom is 0.162 e. The van der Waals surface area contributed by atoms with Crippen molar-refractivity contribution >= 4 is 56.7 Å². The van der Waals surface area contributed by atoms with Gasteiger partial charge in [0.15, 0.2) is 11.5 Å². The number of hydrogen-bond donors (Lipinski definition) is 0. The van der Waals surface area contributed by atoms with Crippen LogP contribution in [0.2, 0.25) is 10.0 Å². The van der Waals surface area contributed by atoms with Crippen molar-refractivity contribution < 1.29 is 14.2 Å². The van der Waals surface area contributed by atoms with Crippen molar-refractivity contribution in [3.63, 3.8) is 0 Å². The Hall–Kier alpha value is -2.25. The average molecular weight is 550 g/mol. The van der Waals surface area contributed by atoms with Gasteiger partial charge in [-0.1, -0.05) is 29.3 Å². The van der Waals surface area contributed by atoms with Gasteiger partial charge in [-0.15, -0.1) is 0 Å². The fraction of sp³-hybridized carbons (Fsp3) is 0.240. The standard InChI is InChI=1S/C25H23BrCl2N2O3/c1-31-24-12-18(15-29-20-4-6-21(7-5-20)30-8-10-32-11-9-30)22(26)14-25(24)33-16-17-2-3-19(27)13-23(17)28/h2-7,12-15H,8-11,16H2,1H3. The number of ether oxygens (including phenoxy) is 3. The van der Waals surface area contributed by atoms with Crippen LogP contribution >= 0.6 is 39.1 Å². The van der Waals surface area contributed by atoms with Crippen molar-refractivity contribution in [2.45, 2.75) is 6.61 Å². The molecular weight excluding hydrogens is 527 g/mol. The molecule has 0 saturated carbocycles. The first-order valence-electron chi connectivity index (χ1n) is 10.4. The minimum Gasteiger partial charge on any atom is -0.493 e. The Balaban J connectivity index is 1.46. The molecule has 3 aromatic carbocycles. The van der Waals surface area contributed by atoms with E-state index in [1.54, 1.807) is 25.5 Å². The molecule has 0 atom stereocenters. The minimum absolute atomic E-state index is 0.293. The van der Waals surface area contributed by atoms with E-state index < -0.39 is 0 Å². The molecule has 172 valence electrons. The molecule has 1 aliphatic rings. The van der Waals surface area contributed by atoms with Crippen LogP contribution in [-0.4, -0.2) is 39.6 Å². The van der Waals surface area contributed by atoms with Gasteiger partial charge in [-0.3, -0.25) is 4.99 Å². The molecule has 0 amide bonds. The number of halogens is 3. The normalized spacial score (nSPS) is 14.0. The van der Waals surface area contributed by atoms with E-state index in [-0.39, 0.29) is 0 Å². The Morgan fingerprint density at radius 2 is 1.79 bits per heavy atom. The first kappa shape index (κ1) is 23.9. The van der Waals surface area contributed by atoms with Gasteiger partial charge in [0.2, 0.25) is 0 Å². The van der Waals surface area contributed by atoms with Crippen LogP contribution < -0.4 is 14.4 Å². The molecule has 1 heterocycles. The SMILES string of the molecule is COc1cc(C=Nc2ccc(N3CCOCC3)cc2)c(Br)cc1OCc1ccc(Cl)cc1Cl. The molecule has 0 bridgehead atoms. The van der Waals surface area contributed by atoms with E-state index in [1.807, 2.05) is 30.3 Å². The van der Waals surface area contributed by atoms with Crippen LogP contribution in [-0.2, 0) is 11.3 Å². The molecule has 1 aliphatic heterocycles. The molecule has 0 N–H and O–H groups in total. The second-order valence-corrected chi connectivity index (χ2v) is 9.12. The highest BCUT2D eigenvalue weighted by Gasteiger charge is 2.12. The Morgan fingerprint density at radius 1 is 1.03 bits per heavy atom. The van der Waals surface area contributed by atoms with Gasteiger partial charge in [-0.2, -0.15) is 0 Å². The van der Waals surface area contributed by atoms with Crippen LogP contribution in [0.25, 0.3) is 0 Å². The number of hydrogen-bond acceptors (Lipinski definition) is 5. The molecular formula is C25H23BrCl2N2O3. The maximum atomic E-state index is 6.25. The number of anilines is 1. The zero-order valence-electron chi connectivity index (χ0n) is 18.1. The predicted molar refractivity (Wildman–Crippen MR) is 138 cm³/mol. The van der Waals surface area contributed by atoms with Crippen molar-refractivity contribution in [1.29, 1.82) is 0 Å². The lowest BCUT2D eigenvalue weighted by Gasteiger charge is -2.28. The molecule has 0 unspecified atom stereocenters. The molecule has 5 nitrogen and oxygen atoms in total. The van der Waals surface area contributed by atoms with Crippen LogP contribution in [0.1, 0.15) is 11.1 Å². The number of morpholine rings is 1. The van der Waals surface area contributed by atoms with E-state index in [2.05, 4.69) is 38.0 Å². The zero-order valence-corrected chi connectivity index (χ0v) is 21.2. The van der Waals surface area contributed by atoms with E-state index in [1.165, 1.54) is 5.69 Å². The molecule has 0 aliphatic carbocycles. The fourth-order valence-corrected chi connectivity index (χ4v) is 4.32. The monoisotopic (exact) mass is 548 g/mol. The van der Waals surface area contributed by atoms with E-state index in [9.17, 15) is 0 Å². The third kappa shape index (κ3) is 6.21. The van der Waals surface area contributed by atoms with Crippen molar-refractivity contribution in [2.24, 2.45) is 4.99 Å². The number of rotatable bonds is 7. The topological polar surface area (TPSA) is 43.3 Å². The van der Waals surface area contributed by atoms with Gasteiger partial charge in [-0.25, -0.2) is 0 Å². The summed E-state index contributed by atoms with van der Waals surface area (Å²) in [7, 11) is 1.61. The molecule has 4 rings (SSSR count). The van der Waals surface area contributed by atoms with Gasteiger partial charge in [0.1, 0.15) is 6.61 Å². The fourth-order valence-electron chi connectivity index (χ4n) is 3.43. The highest BCUT2D eigenvalue weighted by Crippen LogP contribution is 2.34. The zero-order chi connectivity index (χ0) is 23.2. The average Bonchev–Trinajstić information content (AvgIpc) is 2.84. The molecule has 0 radical (unpaired) electrons. The Kier molecular flexibility index (Phi) is 8.15. The van der Waals surface area contributed by atoms with Gasteiger partial charge in [0.05, 0.1) is 26.0 Å². The Morgan fingerprint density at radius 3 is 2.48 bits per heavy atom. The summed E-state index contributed by atoms with van der Waals surface area (Å²) in [5.41, 5.74) is 3.77. The first-order chi connectivity index (χ1) is 16.0. The van der Waals surface area contributed by atoms with Crippen molar-refractivity contribution in [3.8, 4) is 11.5 Å². The third-order valence-electron chi connectivity index (χ3n) is 5.26. The maximum absolute atomic E-state index is 6.25. The largest absolute Gasteiger partial charge is 0.493 e. The summed E-state index contributed by atoms with van der Waals surface area (Å²) in [6.45, 7) is 3.65. The smallest absolute Gasteiger partial charge is 0.162 e. The molecule has 0 spiro atoms. The lowest BCUT2D eigenvalue weighted by molar-refractivity contribution is 0.122. The lowest BCUT2D eigenvalue weighted by Crippen LogP contribution is -2.36. The van der Waals surface area contributed by atoms with Crippen LogP contribution in [0.3, 0.4) is 0 Å². The van der Waals surface area contributed by atoms with E-state index >= 15 is 0 Å². The van der Waals surface area contributed by atoms with Gasteiger partial charge in [0, 0.05) is 50.6 Å². The summed E-state index contributed by atoms with van der Waals surface area (Å²) in [5.74, 6) is 1.20. The van der Waals surface area contributed by atoms with Crippen LogP contribution in [0.4, 0.5) is 11.4 Å². The number of methoxy groups -OCH3 is 1. The van der Waals surface area contributed by atoms with Crippen LogP contribution in [0.5, 0.6) is 11.5 Å². The Labute approximate surface area is 212 Å². The quantitative estimate of drug-likeness (QED) is 0.300. The summed E-state index contributed by atoms with van der Waals surface area (Å²) < 4.78 is 17.8. The molecule has 0 aromatic heterocycles. The van der Waals surface area contributed by atoms with Gasteiger partial charge >= 0.3 is 0 Å². The summed E-state index contributed by atoms with van der Waals surface area (Å²) >= 11 is 15.8. The van der Waals surface area contributed by atoms with Gasteiger partial charge in [0.25, 0.3) is 0 Å². The molecule has 8 heteroatoms. The summed E-state index contributed by atoms with van der Waals surface area (Å²) in [6.07, 6.45) is 1.80. The van der Waals surface area contributed by atoms with Crippen molar-refractivity contribution in [3.05, 3.63) is 80.2 Å². The van der Waals surface area contributed by atoms with E-state index in [4.69, 9.17) is 37.4 Å². The molecule has 1 saturated heterocycles. The number of aliphatic imine (C=N–C) groups is 1. The van der Waals surface area contributed by atoms with Crippen LogP contribution in [0, 0.1) is 0 Å². The van der Waals surface area contributed by atoms with Crippen molar-refractivity contribution in [1.82, 2.24) is 0 Å². The number of nitrogens with zero attached hydrogens (tertiary/aromatic N) is 2. The molecule has 3 aromatic rings. The summed E-state index contributed by atoms with van der Waals surface area (Å²) in [6, 6.07) is 17.3. The first-order valence-corrected chi connectivity index (χ1v) is 12.0. The third-order valence-corrected chi connectivity index (χ3v) is 6.53. The number of benzene rings is 3. The highest BCUT2D eigenvalue weighted by molar-refractivity contribution is 9.10. The van der Waals surface area contributed by atoms with Crippen LogP contribution in [0.15, 0.2) is 64.1 Å². The molecule has 1 fully saturated rings. The van der Waals surface area contributed by atoms with Gasteiger partial charge in [-0.05, 0) is 64.5 Å². The summed E-state index contributed by atoms with van der Waals surface area (Å²) in [5, 5.41) is 1.15. The van der Waals surface area contributed by atoms with E-state index in [0.29, 0.717) is 28.2 Å². The minimum atomic E-state index is 0.293. The lowest BCUT2D eigenvalue weighted by atomic mass is 10.2. The Bertz CT molecular complexity index is 1130. The predicted octanol–water partition coefficient (Wildman–Crippen LogP) is 6.93. The van der Waals surface area contributed by atoms with Crippen molar-refractivity contribution in [2.75, 3.05) is 38.3 Å². The van der Waals surface area contributed by atoms with E-state index in [0.717, 1.165) is 47.6 Å². The summed E-state index contributed by atoms with van der Waals surface area (Å²) in [4.78, 5) is 6.93.